The van der Waals surface area contributed by atoms with Crippen molar-refractivity contribution in [3.05, 3.63) is 64.2 Å². The summed E-state index contributed by atoms with van der Waals surface area (Å²) < 4.78 is 0. The summed E-state index contributed by atoms with van der Waals surface area (Å²) in [4.78, 5) is 22.3. The van der Waals surface area contributed by atoms with Gasteiger partial charge in [-0.15, -0.1) is 0 Å². The predicted octanol–water partition coefficient (Wildman–Crippen LogP) is 3.77. The molecular weight excluding hydrogens is 294 g/mol. The minimum Gasteiger partial charge on any atom is -0.376 e. The van der Waals surface area contributed by atoms with Crippen LogP contribution in [0.4, 0.5) is 17.1 Å². The third-order valence-electron chi connectivity index (χ3n) is 3.37. The molecule has 2 rings (SSSR count). The molecule has 2 aromatic rings. The zero-order valence-corrected chi connectivity index (χ0v) is 13.1. The van der Waals surface area contributed by atoms with Gasteiger partial charge in [-0.25, -0.2) is 0 Å². The Morgan fingerprint density at radius 3 is 2.61 bits per heavy atom. The van der Waals surface area contributed by atoms with E-state index in [1.807, 2.05) is 24.3 Å². The van der Waals surface area contributed by atoms with Gasteiger partial charge in [0.25, 0.3) is 5.69 Å². The summed E-state index contributed by atoms with van der Waals surface area (Å²) in [7, 11) is 0. The second-order valence-electron chi connectivity index (χ2n) is 5.45. The fraction of sp³-hybridized carbons (Fsp3) is 0.235. The van der Waals surface area contributed by atoms with Gasteiger partial charge in [0.05, 0.1) is 11.5 Å². The second-order valence-corrected chi connectivity index (χ2v) is 5.45. The number of nitro benzene ring substituents is 1. The van der Waals surface area contributed by atoms with Crippen LogP contribution in [0.3, 0.4) is 0 Å². The van der Waals surface area contributed by atoms with Crippen LogP contribution in [0.15, 0.2) is 48.5 Å². The van der Waals surface area contributed by atoms with E-state index in [9.17, 15) is 14.9 Å². The summed E-state index contributed by atoms with van der Waals surface area (Å²) in [5.74, 6) is 0.0980. The lowest BCUT2D eigenvalue weighted by molar-refractivity contribution is -0.384. The lowest BCUT2D eigenvalue weighted by Crippen LogP contribution is -2.22. The summed E-state index contributed by atoms with van der Waals surface area (Å²) >= 11 is 0. The van der Waals surface area contributed by atoms with Crippen molar-refractivity contribution in [2.24, 2.45) is 0 Å². The zero-order chi connectivity index (χ0) is 16.8. The highest BCUT2D eigenvalue weighted by Crippen LogP contribution is 2.23. The van der Waals surface area contributed by atoms with E-state index in [1.54, 1.807) is 12.1 Å². The minimum atomic E-state index is -0.468. The number of nitrogens with one attached hydrogen (secondary N) is 2. The number of rotatable bonds is 6. The van der Waals surface area contributed by atoms with Crippen molar-refractivity contribution >= 4 is 23.0 Å². The van der Waals surface area contributed by atoms with Crippen molar-refractivity contribution < 1.29 is 9.72 Å². The van der Waals surface area contributed by atoms with Crippen LogP contribution in [0, 0.1) is 10.1 Å². The van der Waals surface area contributed by atoms with E-state index in [-0.39, 0.29) is 18.1 Å². The van der Waals surface area contributed by atoms with Gasteiger partial charge >= 0.3 is 0 Å². The molecule has 0 aliphatic heterocycles. The van der Waals surface area contributed by atoms with E-state index in [0.717, 1.165) is 11.3 Å². The van der Waals surface area contributed by atoms with Crippen LogP contribution >= 0.6 is 0 Å². The largest absolute Gasteiger partial charge is 0.376 e. The average Bonchev–Trinajstić information content (AvgIpc) is 2.53. The van der Waals surface area contributed by atoms with Crippen molar-refractivity contribution in [3.63, 3.8) is 0 Å². The molecule has 6 nitrogen and oxygen atoms in total. The first-order chi connectivity index (χ1) is 11.0. The van der Waals surface area contributed by atoms with Crippen LogP contribution < -0.4 is 10.6 Å². The molecule has 0 atom stereocenters. The van der Waals surface area contributed by atoms with E-state index < -0.39 is 4.92 Å². The maximum absolute atomic E-state index is 12.1. The fourth-order valence-corrected chi connectivity index (χ4v) is 2.22. The summed E-state index contributed by atoms with van der Waals surface area (Å²) in [6, 6.07) is 13.7. The Bertz CT molecular complexity index is 714. The molecule has 0 radical (unpaired) electrons. The van der Waals surface area contributed by atoms with Crippen molar-refractivity contribution in [1.29, 1.82) is 0 Å². The lowest BCUT2D eigenvalue weighted by atomic mass is 10.0. The Morgan fingerprint density at radius 1 is 1.17 bits per heavy atom. The molecule has 0 spiro atoms. The number of non-ortho nitro benzene ring substituents is 1. The highest BCUT2D eigenvalue weighted by molar-refractivity contribution is 5.94. The van der Waals surface area contributed by atoms with E-state index in [0.29, 0.717) is 11.6 Å². The number of anilines is 2. The summed E-state index contributed by atoms with van der Waals surface area (Å²) in [6.45, 7) is 4.16. The molecule has 23 heavy (non-hydrogen) atoms. The predicted molar refractivity (Wildman–Crippen MR) is 90.7 cm³/mol. The van der Waals surface area contributed by atoms with Gasteiger partial charge in [0.2, 0.25) is 5.91 Å². The number of hydrogen-bond donors (Lipinski definition) is 2. The number of amides is 1. The molecule has 0 saturated heterocycles. The topological polar surface area (TPSA) is 84.3 Å². The first-order valence-corrected chi connectivity index (χ1v) is 7.34. The van der Waals surface area contributed by atoms with Crippen LogP contribution in [0.25, 0.3) is 0 Å². The molecule has 0 unspecified atom stereocenters. The highest BCUT2D eigenvalue weighted by Gasteiger charge is 2.10. The fourth-order valence-electron chi connectivity index (χ4n) is 2.22. The molecule has 2 aromatic carbocycles. The number of nitro groups is 1. The number of benzene rings is 2. The van der Waals surface area contributed by atoms with E-state index >= 15 is 0 Å². The maximum Gasteiger partial charge on any atom is 0.271 e. The summed E-state index contributed by atoms with van der Waals surface area (Å²) in [5.41, 5.74) is 2.37. The zero-order valence-electron chi connectivity index (χ0n) is 13.1. The molecule has 0 aliphatic carbocycles. The van der Waals surface area contributed by atoms with Crippen molar-refractivity contribution in [2.75, 3.05) is 17.2 Å². The van der Waals surface area contributed by atoms with E-state index in [4.69, 9.17) is 0 Å². The first-order valence-electron chi connectivity index (χ1n) is 7.34. The number of para-hydroxylation sites is 1. The van der Waals surface area contributed by atoms with Gasteiger partial charge in [-0.1, -0.05) is 38.1 Å². The number of hydrogen-bond acceptors (Lipinski definition) is 4. The monoisotopic (exact) mass is 313 g/mol. The number of carbonyl (C=O) groups is 1. The molecule has 0 aromatic heterocycles. The highest BCUT2D eigenvalue weighted by atomic mass is 16.6. The quantitative estimate of drug-likeness (QED) is 0.628. The standard InChI is InChI=1S/C17H19N3O3/c1-12(2)15-8-3-4-9-16(15)19-17(21)11-18-13-6-5-7-14(10-13)20(22)23/h3-10,12,18H,11H2,1-2H3,(H,19,21). The molecule has 0 bridgehead atoms. The minimum absolute atomic E-state index is 0.0134. The van der Waals surface area contributed by atoms with Gasteiger partial charge in [-0.05, 0) is 23.6 Å². The van der Waals surface area contributed by atoms with Gasteiger partial charge in [0.1, 0.15) is 0 Å². The van der Waals surface area contributed by atoms with Crippen molar-refractivity contribution in [3.8, 4) is 0 Å². The van der Waals surface area contributed by atoms with E-state index in [2.05, 4.69) is 24.5 Å². The summed E-state index contributed by atoms with van der Waals surface area (Å²) in [5, 5.41) is 16.5. The Labute approximate surface area is 134 Å². The molecule has 0 saturated carbocycles. The number of carbonyl (C=O) groups excluding carboxylic acids is 1. The van der Waals surface area contributed by atoms with Crippen LogP contribution in [-0.4, -0.2) is 17.4 Å². The van der Waals surface area contributed by atoms with Gasteiger partial charge < -0.3 is 10.6 Å². The molecular formula is C17H19N3O3. The van der Waals surface area contributed by atoms with Crippen LogP contribution in [0.1, 0.15) is 25.3 Å². The van der Waals surface area contributed by atoms with E-state index in [1.165, 1.54) is 12.1 Å². The van der Waals surface area contributed by atoms with Crippen molar-refractivity contribution in [2.45, 2.75) is 19.8 Å². The maximum atomic E-state index is 12.1. The molecule has 2 N–H and O–H groups in total. The smallest absolute Gasteiger partial charge is 0.271 e. The first kappa shape index (κ1) is 16.5. The SMILES string of the molecule is CC(C)c1ccccc1NC(=O)CNc1cccc([N+](=O)[O-])c1. The normalized spacial score (nSPS) is 10.4. The van der Waals surface area contributed by atoms with Crippen molar-refractivity contribution in [1.82, 2.24) is 0 Å². The van der Waals surface area contributed by atoms with Crippen LogP contribution in [0.2, 0.25) is 0 Å². The van der Waals surface area contributed by atoms with Gasteiger partial charge in [-0.3, -0.25) is 14.9 Å². The van der Waals surface area contributed by atoms with Gasteiger partial charge in [0.15, 0.2) is 0 Å². The number of nitrogens with zero attached hydrogens (tertiary/aromatic N) is 1. The lowest BCUT2D eigenvalue weighted by Gasteiger charge is -2.14. The second kappa shape index (κ2) is 7.40. The molecule has 6 heteroatoms. The third-order valence-corrected chi connectivity index (χ3v) is 3.37. The molecule has 1 amide bonds. The Balaban J connectivity index is 1.98. The Morgan fingerprint density at radius 2 is 1.91 bits per heavy atom. The molecule has 0 aliphatic rings. The van der Waals surface area contributed by atoms with Crippen LogP contribution in [0.5, 0.6) is 0 Å². The average molecular weight is 313 g/mol. The van der Waals surface area contributed by atoms with Crippen LogP contribution in [-0.2, 0) is 4.79 Å². The van der Waals surface area contributed by atoms with Gasteiger partial charge in [-0.2, -0.15) is 0 Å². The van der Waals surface area contributed by atoms with Gasteiger partial charge in [0, 0.05) is 23.5 Å². The molecule has 0 fully saturated rings. The molecule has 0 heterocycles. The Hall–Kier alpha value is -2.89. The summed E-state index contributed by atoms with van der Waals surface area (Å²) in [6.07, 6.45) is 0. The molecule has 120 valence electrons. The Kier molecular flexibility index (Phi) is 5.30. The third kappa shape index (κ3) is 4.54.